The minimum Gasteiger partial charge on any atom is -0.493 e. The molecule has 0 aliphatic heterocycles. The van der Waals surface area contributed by atoms with Crippen LogP contribution in [0.1, 0.15) is 37.1 Å². The van der Waals surface area contributed by atoms with Gasteiger partial charge in [-0.1, -0.05) is 25.0 Å². The van der Waals surface area contributed by atoms with Crippen molar-refractivity contribution in [2.75, 3.05) is 20.8 Å². The first kappa shape index (κ1) is 20.0. The SMILES string of the molecule is COc1cccc(CN(C(=O)NCCc2nncn2C)C2CCCC2)c1OC. The van der Waals surface area contributed by atoms with Gasteiger partial charge in [-0.15, -0.1) is 10.2 Å². The van der Waals surface area contributed by atoms with Gasteiger partial charge < -0.3 is 24.3 Å². The van der Waals surface area contributed by atoms with Gasteiger partial charge in [-0.2, -0.15) is 0 Å². The van der Waals surface area contributed by atoms with Crippen molar-refractivity contribution < 1.29 is 14.3 Å². The van der Waals surface area contributed by atoms with Crippen molar-refractivity contribution in [2.24, 2.45) is 7.05 Å². The van der Waals surface area contributed by atoms with Crippen LogP contribution in [0.15, 0.2) is 24.5 Å². The highest BCUT2D eigenvalue weighted by atomic mass is 16.5. The zero-order valence-electron chi connectivity index (χ0n) is 16.9. The fourth-order valence-corrected chi connectivity index (χ4v) is 3.76. The van der Waals surface area contributed by atoms with Crippen molar-refractivity contribution in [3.05, 3.63) is 35.9 Å². The first-order valence-electron chi connectivity index (χ1n) is 9.71. The quantitative estimate of drug-likeness (QED) is 0.753. The predicted molar refractivity (Wildman–Crippen MR) is 105 cm³/mol. The number of urea groups is 1. The van der Waals surface area contributed by atoms with E-state index in [1.165, 1.54) is 0 Å². The summed E-state index contributed by atoms with van der Waals surface area (Å²) >= 11 is 0. The smallest absolute Gasteiger partial charge is 0.317 e. The number of ether oxygens (including phenoxy) is 2. The van der Waals surface area contributed by atoms with E-state index >= 15 is 0 Å². The molecule has 0 spiro atoms. The molecule has 1 aromatic carbocycles. The molecular formula is C20H29N5O3. The predicted octanol–water partition coefficient (Wildman–Crippen LogP) is 2.53. The van der Waals surface area contributed by atoms with Crippen molar-refractivity contribution in [3.63, 3.8) is 0 Å². The maximum Gasteiger partial charge on any atom is 0.317 e. The van der Waals surface area contributed by atoms with Crippen LogP contribution in [0.4, 0.5) is 4.79 Å². The van der Waals surface area contributed by atoms with Gasteiger partial charge in [0.25, 0.3) is 0 Å². The maximum absolute atomic E-state index is 13.0. The standard InChI is InChI=1S/C20H29N5O3/c1-24-14-22-23-18(24)11-12-21-20(26)25(16-8-4-5-9-16)13-15-7-6-10-17(27-2)19(15)28-3/h6-7,10,14,16H,4-5,8-9,11-13H2,1-3H3,(H,21,26). The summed E-state index contributed by atoms with van der Waals surface area (Å²) in [6, 6.07) is 5.96. The lowest BCUT2D eigenvalue weighted by atomic mass is 10.1. The number of carbonyl (C=O) groups is 1. The van der Waals surface area contributed by atoms with E-state index in [0.717, 1.165) is 37.1 Å². The fourth-order valence-electron chi connectivity index (χ4n) is 3.76. The van der Waals surface area contributed by atoms with E-state index in [1.807, 2.05) is 34.7 Å². The number of methoxy groups -OCH3 is 2. The van der Waals surface area contributed by atoms with Crippen LogP contribution in [0.3, 0.4) is 0 Å². The molecule has 0 bridgehead atoms. The van der Waals surface area contributed by atoms with Gasteiger partial charge in [0.1, 0.15) is 12.2 Å². The number of rotatable bonds is 8. The molecule has 1 aromatic heterocycles. The molecule has 1 saturated carbocycles. The summed E-state index contributed by atoms with van der Waals surface area (Å²) < 4.78 is 12.8. The Morgan fingerprint density at radius 3 is 2.71 bits per heavy atom. The monoisotopic (exact) mass is 387 g/mol. The number of aryl methyl sites for hydroxylation is 1. The number of aromatic nitrogens is 3. The zero-order valence-corrected chi connectivity index (χ0v) is 16.9. The molecule has 28 heavy (non-hydrogen) atoms. The van der Waals surface area contributed by atoms with Gasteiger partial charge >= 0.3 is 6.03 Å². The molecule has 152 valence electrons. The highest BCUT2D eigenvalue weighted by molar-refractivity contribution is 5.74. The highest BCUT2D eigenvalue weighted by Gasteiger charge is 2.28. The Morgan fingerprint density at radius 2 is 2.07 bits per heavy atom. The molecule has 2 aromatic rings. The van der Waals surface area contributed by atoms with Gasteiger partial charge in [-0.3, -0.25) is 0 Å². The summed E-state index contributed by atoms with van der Waals surface area (Å²) in [5, 5.41) is 11.0. The van der Waals surface area contributed by atoms with Gasteiger partial charge in [0.05, 0.1) is 20.8 Å². The Kier molecular flexibility index (Phi) is 6.73. The van der Waals surface area contributed by atoms with Crippen molar-refractivity contribution in [1.82, 2.24) is 25.0 Å². The van der Waals surface area contributed by atoms with E-state index in [9.17, 15) is 4.79 Å². The number of hydrogen-bond acceptors (Lipinski definition) is 5. The highest BCUT2D eigenvalue weighted by Crippen LogP contribution is 2.33. The van der Waals surface area contributed by atoms with Crippen LogP contribution < -0.4 is 14.8 Å². The van der Waals surface area contributed by atoms with Crippen LogP contribution in [-0.4, -0.2) is 52.5 Å². The minimum absolute atomic E-state index is 0.0565. The summed E-state index contributed by atoms with van der Waals surface area (Å²) in [6.07, 6.45) is 6.68. The van der Waals surface area contributed by atoms with Gasteiger partial charge in [-0.25, -0.2) is 4.79 Å². The summed E-state index contributed by atoms with van der Waals surface area (Å²) in [7, 11) is 5.15. The number of carbonyl (C=O) groups excluding carboxylic acids is 1. The van der Waals surface area contributed by atoms with Crippen molar-refractivity contribution >= 4 is 6.03 Å². The van der Waals surface area contributed by atoms with Crippen LogP contribution in [0, 0.1) is 0 Å². The summed E-state index contributed by atoms with van der Waals surface area (Å²) in [4.78, 5) is 14.9. The molecular weight excluding hydrogens is 358 g/mol. The minimum atomic E-state index is -0.0565. The van der Waals surface area contributed by atoms with Gasteiger partial charge in [0.2, 0.25) is 0 Å². The average Bonchev–Trinajstić information content (AvgIpc) is 3.37. The Morgan fingerprint density at radius 1 is 1.29 bits per heavy atom. The van der Waals surface area contributed by atoms with Gasteiger partial charge in [-0.05, 0) is 18.9 Å². The molecule has 1 N–H and O–H groups in total. The lowest BCUT2D eigenvalue weighted by Crippen LogP contribution is -2.45. The second kappa shape index (κ2) is 9.43. The summed E-state index contributed by atoms with van der Waals surface area (Å²) in [5.74, 6) is 2.20. The van der Waals surface area contributed by atoms with E-state index in [1.54, 1.807) is 20.5 Å². The number of nitrogens with zero attached hydrogens (tertiary/aromatic N) is 4. The van der Waals surface area contributed by atoms with Crippen molar-refractivity contribution in [3.8, 4) is 11.5 Å². The van der Waals surface area contributed by atoms with Crippen LogP contribution in [0.5, 0.6) is 11.5 Å². The van der Waals surface area contributed by atoms with Gasteiger partial charge in [0, 0.05) is 31.6 Å². The molecule has 0 unspecified atom stereocenters. The Hall–Kier alpha value is -2.77. The van der Waals surface area contributed by atoms with Crippen molar-refractivity contribution in [1.29, 1.82) is 0 Å². The molecule has 2 amide bonds. The van der Waals surface area contributed by atoms with Crippen LogP contribution >= 0.6 is 0 Å². The molecule has 3 rings (SSSR count). The number of amides is 2. The normalized spacial score (nSPS) is 14.1. The van der Waals surface area contributed by atoms with E-state index in [2.05, 4.69) is 15.5 Å². The number of nitrogens with one attached hydrogen (secondary N) is 1. The summed E-state index contributed by atoms with van der Waals surface area (Å²) in [6.45, 7) is 1.00. The lowest BCUT2D eigenvalue weighted by Gasteiger charge is -2.30. The molecule has 0 saturated heterocycles. The average molecular weight is 387 g/mol. The Balaban J connectivity index is 1.70. The first-order valence-corrected chi connectivity index (χ1v) is 9.71. The summed E-state index contributed by atoms with van der Waals surface area (Å²) in [5.41, 5.74) is 0.942. The molecule has 1 fully saturated rings. The number of hydrogen-bond donors (Lipinski definition) is 1. The topological polar surface area (TPSA) is 81.5 Å². The molecule has 0 radical (unpaired) electrons. The van der Waals surface area contributed by atoms with Gasteiger partial charge in [0.15, 0.2) is 11.5 Å². The van der Waals surface area contributed by atoms with E-state index < -0.39 is 0 Å². The van der Waals surface area contributed by atoms with Crippen molar-refractivity contribution in [2.45, 2.75) is 44.7 Å². The van der Waals surface area contributed by atoms with E-state index in [-0.39, 0.29) is 12.1 Å². The van der Waals surface area contributed by atoms with E-state index in [4.69, 9.17) is 9.47 Å². The second-order valence-corrected chi connectivity index (χ2v) is 7.06. The van der Waals surface area contributed by atoms with Crippen LogP contribution in [0.2, 0.25) is 0 Å². The second-order valence-electron chi connectivity index (χ2n) is 7.06. The molecule has 8 nitrogen and oxygen atoms in total. The Labute approximate surface area is 165 Å². The lowest BCUT2D eigenvalue weighted by molar-refractivity contribution is 0.170. The maximum atomic E-state index is 13.0. The third-order valence-corrected chi connectivity index (χ3v) is 5.28. The number of para-hydroxylation sites is 1. The molecule has 8 heteroatoms. The largest absolute Gasteiger partial charge is 0.493 e. The molecule has 1 aliphatic carbocycles. The van der Waals surface area contributed by atoms with E-state index in [0.29, 0.717) is 31.0 Å². The fraction of sp³-hybridized carbons (Fsp3) is 0.550. The van der Waals surface area contributed by atoms with Crippen LogP contribution in [0.25, 0.3) is 0 Å². The third-order valence-electron chi connectivity index (χ3n) is 5.28. The molecule has 0 atom stereocenters. The van der Waals surface area contributed by atoms with Crippen LogP contribution in [-0.2, 0) is 20.0 Å². The molecule has 1 aliphatic rings. The molecule has 1 heterocycles. The number of benzene rings is 1. The first-order chi connectivity index (χ1) is 13.6. The zero-order chi connectivity index (χ0) is 19.9. The third kappa shape index (κ3) is 4.55. The Bertz CT molecular complexity index is 786.